The first kappa shape index (κ1) is 14.5. The maximum Gasteiger partial charge on any atom is 0.123 e. The van der Waals surface area contributed by atoms with Crippen molar-refractivity contribution in [1.29, 1.82) is 0 Å². The molecular weight excluding hydrogens is 239 g/mol. The van der Waals surface area contributed by atoms with Crippen LogP contribution in [-0.4, -0.2) is 30.6 Å². The van der Waals surface area contributed by atoms with Gasteiger partial charge in [-0.15, -0.1) is 0 Å². The van der Waals surface area contributed by atoms with Gasteiger partial charge in [-0.25, -0.2) is 4.39 Å². The lowest BCUT2D eigenvalue weighted by molar-refractivity contribution is 0.157. The van der Waals surface area contributed by atoms with Crippen LogP contribution >= 0.6 is 0 Å². The normalized spacial score (nSPS) is 22.4. The Morgan fingerprint density at radius 1 is 1.37 bits per heavy atom. The first-order chi connectivity index (χ1) is 9.19. The largest absolute Gasteiger partial charge is 0.310 e. The smallest absolute Gasteiger partial charge is 0.123 e. The van der Waals surface area contributed by atoms with Gasteiger partial charge in [0.15, 0.2) is 0 Å². The zero-order chi connectivity index (χ0) is 13.7. The number of rotatable bonds is 5. The quantitative estimate of drug-likeness (QED) is 0.879. The average molecular weight is 264 g/mol. The molecule has 1 heterocycles. The predicted molar refractivity (Wildman–Crippen MR) is 77.5 cm³/mol. The zero-order valence-corrected chi connectivity index (χ0v) is 12.0. The summed E-state index contributed by atoms with van der Waals surface area (Å²) in [5.41, 5.74) is 1.15. The van der Waals surface area contributed by atoms with Gasteiger partial charge < -0.3 is 10.2 Å². The molecule has 0 bridgehead atoms. The number of hydrogen-bond donors (Lipinski definition) is 1. The van der Waals surface area contributed by atoms with Crippen molar-refractivity contribution in [2.75, 3.05) is 19.6 Å². The number of halogens is 1. The first-order valence-corrected chi connectivity index (χ1v) is 7.39. The van der Waals surface area contributed by atoms with Crippen LogP contribution in [0.5, 0.6) is 0 Å². The SMILES string of the molecule is CCN1CCCC(C(C)NCc2ccc(F)cc2)C1. The molecule has 0 aromatic heterocycles. The van der Waals surface area contributed by atoms with Gasteiger partial charge in [0.25, 0.3) is 0 Å². The van der Waals surface area contributed by atoms with Crippen molar-refractivity contribution >= 4 is 0 Å². The Balaban J connectivity index is 1.80. The van der Waals surface area contributed by atoms with Gasteiger partial charge in [-0.3, -0.25) is 0 Å². The Hall–Kier alpha value is -0.930. The molecule has 106 valence electrons. The monoisotopic (exact) mass is 264 g/mol. The van der Waals surface area contributed by atoms with Gasteiger partial charge in [0.2, 0.25) is 0 Å². The van der Waals surface area contributed by atoms with Crippen molar-refractivity contribution in [3.05, 3.63) is 35.6 Å². The molecule has 19 heavy (non-hydrogen) atoms. The topological polar surface area (TPSA) is 15.3 Å². The van der Waals surface area contributed by atoms with E-state index in [2.05, 4.69) is 24.1 Å². The lowest BCUT2D eigenvalue weighted by atomic mass is 9.91. The second-order valence-electron chi connectivity index (χ2n) is 5.59. The molecule has 0 saturated carbocycles. The summed E-state index contributed by atoms with van der Waals surface area (Å²) in [6.07, 6.45) is 2.62. The van der Waals surface area contributed by atoms with Crippen molar-refractivity contribution in [3.63, 3.8) is 0 Å². The van der Waals surface area contributed by atoms with Gasteiger partial charge in [0.05, 0.1) is 0 Å². The molecule has 1 aliphatic rings. The summed E-state index contributed by atoms with van der Waals surface area (Å²) in [4.78, 5) is 2.53. The lowest BCUT2D eigenvalue weighted by Gasteiger charge is -2.35. The molecule has 1 aromatic carbocycles. The number of benzene rings is 1. The summed E-state index contributed by atoms with van der Waals surface area (Å²) in [6.45, 7) is 8.93. The number of nitrogens with zero attached hydrogens (tertiary/aromatic N) is 1. The molecule has 0 aliphatic carbocycles. The van der Waals surface area contributed by atoms with Crippen molar-refractivity contribution in [2.45, 2.75) is 39.3 Å². The van der Waals surface area contributed by atoms with Crippen LogP contribution in [0, 0.1) is 11.7 Å². The van der Waals surface area contributed by atoms with E-state index >= 15 is 0 Å². The fourth-order valence-electron chi connectivity index (χ4n) is 2.83. The van der Waals surface area contributed by atoms with Crippen LogP contribution in [0.2, 0.25) is 0 Å². The number of hydrogen-bond acceptors (Lipinski definition) is 2. The van der Waals surface area contributed by atoms with E-state index in [1.54, 1.807) is 0 Å². The van der Waals surface area contributed by atoms with E-state index in [4.69, 9.17) is 0 Å². The number of nitrogens with one attached hydrogen (secondary N) is 1. The van der Waals surface area contributed by atoms with Crippen LogP contribution in [0.25, 0.3) is 0 Å². The minimum absolute atomic E-state index is 0.164. The highest BCUT2D eigenvalue weighted by Crippen LogP contribution is 2.19. The van der Waals surface area contributed by atoms with Gasteiger partial charge >= 0.3 is 0 Å². The molecule has 0 spiro atoms. The molecule has 1 fully saturated rings. The Bertz CT molecular complexity index is 377. The van der Waals surface area contributed by atoms with E-state index in [1.807, 2.05) is 12.1 Å². The second-order valence-corrected chi connectivity index (χ2v) is 5.59. The van der Waals surface area contributed by atoms with Crippen molar-refractivity contribution < 1.29 is 4.39 Å². The summed E-state index contributed by atoms with van der Waals surface area (Å²) in [5.74, 6) is 0.566. The number of piperidine rings is 1. The fourth-order valence-corrected chi connectivity index (χ4v) is 2.83. The maximum atomic E-state index is 12.8. The fraction of sp³-hybridized carbons (Fsp3) is 0.625. The molecule has 1 N–H and O–H groups in total. The van der Waals surface area contributed by atoms with Crippen LogP contribution < -0.4 is 5.32 Å². The van der Waals surface area contributed by atoms with E-state index in [-0.39, 0.29) is 5.82 Å². The summed E-state index contributed by atoms with van der Waals surface area (Å²) < 4.78 is 12.8. The van der Waals surface area contributed by atoms with Gasteiger partial charge in [0.1, 0.15) is 5.82 Å². The highest BCUT2D eigenvalue weighted by Gasteiger charge is 2.23. The third kappa shape index (κ3) is 4.29. The second kappa shape index (κ2) is 7.01. The number of likely N-dealkylation sites (tertiary alicyclic amines) is 1. The van der Waals surface area contributed by atoms with Crippen LogP contribution in [-0.2, 0) is 6.54 Å². The van der Waals surface area contributed by atoms with Gasteiger partial charge in [0, 0.05) is 19.1 Å². The first-order valence-electron chi connectivity index (χ1n) is 7.39. The van der Waals surface area contributed by atoms with Gasteiger partial charge in [-0.2, -0.15) is 0 Å². The lowest BCUT2D eigenvalue weighted by Crippen LogP contribution is -2.44. The molecule has 3 heteroatoms. The van der Waals surface area contributed by atoms with Gasteiger partial charge in [-0.05, 0) is 56.5 Å². The molecule has 1 saturated heterocycles. The van der Waals surface area contributed by atoms with E-state index in [0.29, 0.717) is 6.04 Å². The molecule has 1 aromatic rings. The highest BCUT2D eigenvalue weighted by molar-refractivity contribution is 5.15. The molecule has 0 radical (unpaired) electrons. The summed E-state index contributed by atoms with van der Waals surface area (Å²) in [5, 5.41) is 3.58. The zero-order valence-electron chi connectivity index (χ0n) is 12.0. The van der Waals surface area contributed by atoms with Crippen molar-refractivity contribution in [3.8, 4) is 0 Å². The summed E-state index contributed by atoms with van der Waals surface area (Å²) in [6, 6.07) is 7.28. The molecule has 2 rings (SSSR count). The highest BCUT2D eigenvalue weighted by atomic mass is 19.1. The molecular formula is C16H25FN2. The minimum Gasteiger partial charge on any atom is -0.310 e. The third-order valence-corrected chi connectivity index (χ3v) is 4.24. The molecule has 1 aliphatic heterocycles. The standard InChI is InChI=1S/C16H25FN2/c1-3-19-10-4-5-15(12-19)13(2)18-11-14-6-8-16(17)9-7-14/h6-9,13,15,18H,3-5,10-12H2,1-2H3. The average Bonchev–Trinajstić information content (AvgIpc) is 2.46. The Morgan fingerprint density at radius 3 is 2.79 bits per heavy atom. The van der Waals surface area contributed by atoms with Crippen LogP contribution in [0.4, 0.5) is 4.39 Å². The van der Waals surface area contributed by atoms with Gasteiger partial charge in [-0.1, -0.05) is 19.1 Å². The van der Waals surface area contributed by atoms with Crippen LogP contribution in [0.15, 0.2) is 24.3 Å². The molecule has 2 atom stereocenters. The Morgan fingerprint density at radius 2 is 2.11 bits per heavy atom. The third-order valence-electron chi connectivity index (χ3n) is 4.24. The summed E-state index contributed by atoms with van der Waals surface area (Å²) >= 11 is 0. The van der Waals surface area contributed by atoms with E-state index in [9.17, 15) is 4.39 Å². The Kier molecular flexibility index (Phi) is 5.34. The molecule has 2 nitrogen and oxygen atoms in total. The molecule has 0 amide bonds. The van der Waals surface area contributed by atoms with E-state index in [0.717, 1.165) is 24.6 Å². The minimum atomic E-state index is -0.164. The van der Waals surface area contributed by atoms with Crippen molar-refractivity contribution in [2.24, 2.45) is 5.92 Å². The van der Waals surface area contributed by atoms with E-state index in [1.165, 1.54) is 38.1 Å². The Labute approximate surface area is 116 Å². The van der Waals surface area contributed by atoms with Crippen LogP contribution in [0.3, 0.4) is 0 Å². The van der Waals surface area contributed by atoms with Crippen LogP contribution in [0.1, 0.15) is 32.3 Å². The predicted octanol–water partition coefficient (Wildman–Crippen LogP) is 3.04. The van der Waals surface area contributed by atoms with Crippen molar-refractivity contribution in [1.82, 2.24) is 10.2 Å². The summed E-state index contributed by atoms with van der Waals surface area (Å²) in [7, 11) is 0. The molecule has 2 unspecified atom stereocenters. The maximum absolute atomic E-state index is 12.8. The van der Waals surface area contributed by atoms with E-state index < -0.39 is 0 Å².